The van der Waals surface area contributed by atoms with Gasteiger partial charge in [-0.3, -0.25) is 4.79 Å². The van der Waals surface area contributed by atoms with Crippen LogP contribution in [0.2, 0.25) is 0 Å². The van der Waals surface area contributed by atoms with Crippen molar-refractivity contribution < 1.29 is 4.79 Å². The van der Waals surface area contributed by atoms with Crippen LogP contribution in [-0.4, -0.2) is 25.0 Å². The van der Waals surface area contributed by atoms with E-state index in [1.165, 1.54) is 0 Å². The zero-order valence-electron chi connectivity index (χ0n) is 10.2. The maximum atomic E-state index is 11.5. The lowest BCUT2D eigenvalue weighted by Crippen LogP contribution is -2.24. The lowest BCUT2D eigenvalue weighted by molar-refractivity contribution is 0.100. The molecule has 1 unspecified atom stereocenters. The molecule has 4 N–H and O–H groups in total. The van der Waals surface area contributed by atoms with Crippen LogP contribution in [-0.2, 0) is 0 Å². The molecule has 1 fully saturated rings. The summed E-state index contributed by atoms with van der Waals surface area (Å²) in [6.07, 6.45) is 3.32. The average molecular weight is 312 g/mol. The largest absolute Gasteiger partial charge is 0.382 e. The highest BCUT2D eigenvalue weighted by molar-refractivity contribution is 9.10. The Hall–Kier alpha value is -1.07. The van der Waals surface area contributed by atoms with E-state index < -0.39 is 5.91 Å². The van der Waals surface area contributed by atoms with E-state index in [4.69, 9.17) is 5.73 Å². The molecule has 1 aromatic carbocycles. The van der Waals surface area contributed by atoms with Gasteiger partial charge in [-0.05, 0) is 60.4 Å². The van der Waals surface area contributed by atoms with Crippen molar-refractivity contribution in [3.05, 3.63) is 28.2 Å². The summed E-state index contributed by atoms with van der Waals surface area (Å²) in [5.41, 5.74) is 6.79. The molecular weight excluding hydrogens is 294 g/mol. The minimum Gasteiger partial charge on any atom is -0.382 e. The van der Waals surface area contributed by atoms with Crippen LogP contribution in [0.25, 0.3) is 0 Å². The molecule has 1 heterocycles. The van der Waals surface area contributed by atoms with Crippen molar-refractivity contribution in [3.63, 3.8) is 0 Å². The third-order valence-electron chi connectivity index (χ3n) is 3.20. The smallest absolute Gasteiger partial charge is 0.251 e. The summed E-state index contributed by atoms with van der Waals surface area (Å²) in [5.74, 6) is -0.406. The van der Waals surface area contributed by atoms with Crippen LogP contribution in [0.5, 0.6) is 0 Å². The van der Waals surface area contributed by atoms with E-state index in [-0.39, 0.29) is 0 Å². The number of primary amides is 1. The number of rotatable bonds is 3. The Balaban J connectivity index is 2.17. The van der Waals surface area contributed by atoms with E-state index in [1.807, 2.05) is 18.2 Å². The van der Waals surface area contributed by atoms with Crippen LogP contribution >= 0.6 is 15.9 Å². The molecule has 1 aromatic rings. The molecule has 18 heavy (non-hydrogen) atoms. The van der Waals surface area contributed by atoms with Crippen molar-refractivity contribution in [1.29, 1.82) is 0 Å². The van der Waals surface area contributed by atoms with Crippen molar-refractivity contribution in [2.75, 3.05) is 18.4 Å². The third-order valence-corrected chi connectivity index (χ3v) is 3.86. The van der Waals surface area contributed by atoms with Gasteiger partial charge in [-0.15, -0.1) is 0 Å². The zero-order valence-corrected chi connectivity index (χ0v) is 11.8. The summed E-state index contributed by atoms with van der Waals surface area (Å²) < 4.78 is 0.742. The lowest BCUT2D eigenvalue weighted by atomic mass is 10.1. The van der Waals surface area contributed by atoms with Gasteiger partial charge in [-0.2, -0.15) is 0 Å². The molecular formula is C13H18BrN3O. The number of nitrogens with one attached hydrogen (secondary N) is 2. The molecule has 4 nitrogen and oxygen atoms in total. The fourth-order valence-electron chi connectivity index (χ4n) is 2.28. The molecule has 1 aliphatic heterocycles. The summed E-state index contributed by atoms with van der Waals surface area (Å²) in [4.78, 5) is 11.5. The van der Waals surface area contributed by atoms with E-state index in [2.05, 4.69) is 26.6 Å². The van der Waals surface area contributed by atoms with Crippen molar-refractivity contribution in [2.45, 2.75) is 25.3 Å². The molecule has 0 spiro atoms. The number of benzene rings is 1. The molecule has 0 saturated carbocycles. The van der Waals surface area contributed by atoms with Gasteiger partial charge in [0.25, 0.3) is 5.91 Å². The predicted molar refractivity (Wildman–Crippen MR) is 76.8 cm³/mol. The monoisotopic (exact) mass is 311 g/mol. The second kappa shape index (κ2) is 6.20. The van der Waals surface area contributed by atoms with Crippen molar-refractivity contribution in [3.8, 4) is 0 Å². The maximum absolute atomic E-state index is 11.5. The van der Waals surface area contributed by atoms with Crippen LogP contribution in [0.1, 0.15) is 29.6 Å². The summed E-state index contributed by atoms with van der Waals surface area (Å²) >= 11 is 3.37. The molecule has 98 valence electrons. The van der Waals surface area contributed by atoms with Gasteiger partial charge in [0.1, 0.15) is 0 Å². The first-order valence-electron chi connectivity index (χ1n) is 6.24. The standard InChI is InChI=1S/C13H18BrN3O/c14-10-4-1-5-11(12(10)13(15)18)17-9-3-2-7-16-8-6-9/h1,4-5,9,16-17H,2-3,6-8H2,(H2,15,18). The van der Waals surface area contributed by atoms with Gasteiger partial charge >= 0.3 is 0 Å². The molecule has 5 heteroatoms. The first kappa shape index (κ1) is 13.4. The minimum atomic E-state index is -0.406. The molecule has 0 radical (unpaired) electrons. The number of carbonyl (C=O) groups excluding carboxylic acids is 1. The maximum Gasteiger partial charge on any atom is 0.251 e. The van der Waals surface area contributed by atoms with Crippen molar-refractivity contribution >= 4 is 27.5 Å². The SMILES string of the molecule is NC(=O)c1c(Br)cccc1NC1CCCNCC1. The van der Waals surface area contributed by atoms with Gasteiger partial charge in [0.15, 0.2) is 0 Å². The Kier molecular flexibility index (Phi) is 4.60. The minimum absolute atomic E-state index is 0.396. The second-order valence-electron chi connectivity index (χ2n) is 4.55. The fourth-order valence-corrected chi connectivity index (χ4v) is 2.84. The van der Waals surface area contributed by atoms with E-state index in [0.29, 0.717) is 11.6 Å². The third kappa shape index (κ3) is 3.23. The van der Waals surface area contributed by atoms with Crippen molar-refractivity contribution in [1.82, 2.24) is 5.32 Å². The number of hydrogen-bond acceptors (Lipinski definition) is 3. The topological polar surface area (TPSA) is 67.2 Å². The Morgan fingerprint density at radius 2 is 2.22 bits per heavy atom. The first-order valence-corrected chi connectivity index (χ1v) is 7.03. The predicted octanol–water partition coefficient (Wildman–Crippen LogP) is 2.10. The van der Waals surface area contributed by atoms with E-state index in [1.54, 1.807) is 0 Å². The Morgan fingerprint density at radius 3 is 3.00 bits per heavy atom. The number of carbonyl (C=O) groups is 1. The first-order chi connectivity index (χ1) is 8.68. The van der Waals surface area contributed by atoms with Gasteiger partial charge in [-0.1, -0.05) is 6.07 Å². The number of halogens is 1. The van der Waals surface area contributed by atoms with E-state index >= 15 is 0 Å². The molecule has 1 saturated heterocycles. The quantitative estimate of drug-likeness (QED) is 0.801. The highest BCUT2D eigenvalue weighted by atomic mass is 79.9. The van der Waals surface area contributed by atoms with E-state index in [9.17, 15) is 4.79 Å². The second-order valence-corrected chi connectivity index (χ2v) is 5.40. The van der Waals surface area contributed by atoms with E-state index in [0.717, 1.165) is 42.5 Å². The fraction of sp³-hybridized carbons (Fsp3) is 0.462. The van der Waals surface area contributed by atoms with Crippen LogP contribution in [0.4, 0.5) is 5.69 Å². The molecule has 0 aliphatic carbocycles. The van der Waals surface area contributed by atoms with Crippen LogP contribution in [0, 0.1) is 0 Å². The number of anilines is 1. The Bertz CT molecular complexity index is 428. The van der Waals surface area contributed by atoms with Gasteiger partial charge in [0, 0.05) is 16.2 Å². The van der Waals surface area contributed by atoms with Gasteiger partial charge in [-0.25, -0.2) is 0 Å². The Morgan fingerprint density at radius 1 is 1.39 bits per heavy atom. The zero-order chi connectivity index (χ0) is 13.0. The van der Waals surface area contributed by atoms with Gasteiger partial charge in [0.2, 0.25) is 0 Å². The summed E-state index contributed by atoms with van der Waals surface area (Å²) in [5, 5.41) is 6.81. The molecule has 1 atom stereocenters. The number of hydrogen-bond donors (Lipinski definition) is 3. The van der Waals surface area contributed by atoms with Crippen LogP contribution in [0.15, 0.2) is 22.7 Å². The summed E-state index contributed by atoms with van der Waals surface area (Å²) in [6, 6.07) is 6.05. The molecule has 1 aliphatic rings. The highest BCUT2D eigenvalue weighted by Crippen LogP contribution is 2.26. The lowest BCUT2D eigenvalue weighted by Gasteiger charge is -2.19. The average Bonchev–Trinajstić information content (AvgIpc) is 2.57. The van der Waals surface area contributed by atoms with Gasteiger partial charge < -0.3 is 16.4 Å². The number of amides is 1. The molecule has 2 rings (SSSR count). The van der Waals surface area contributed by atoms with Crippen LogP contribution < -0.4 is 16.4 Å². The van der Waals surface area contributed by atoms with Gasteiger partial charge in [0.05, 0.1) is 5.56 Å². The highest BCUT2D eigenvalue weighted by Gasteiger charge is 2.16. The van der Waals surface area contributed by atoms with Crippen LogP contribution in [0.3, 0.4) is 0 Å². The summed E-state index contributed by atoms with van der Waals surface area (Å²) in [6.45, 7) is 2.08. The van der Waals surface area contributed by atoms with Crippen molar-refractivity contribution in [2.24, 2.45) is 5.73 Å². The molecule has 0 aromatic heterocycles. The Labute approximate surface area is 115 Å². The number of nitrogens with two attached hydrogens (primary N) is 1. The normalized spacial score (nSPS) is 20.2. The molecule has 1 amide bonds. The summed E-state index contributed by atoms with van der Waals surface area (Å²) in [7, 11) is 0. The molecule has 0 bridgehead atoms.